The average molecular weight is 434 g/mol. The van der Waals surface area contributed by atoms with E-state index in [-0.39, 0.29) is 23.6 Å². The lowest BCUT2D eigenvalue weighted by Crippen LogP contribution is -2.46. The van der Waals surface area contributed by atoms with E-state index in [1.54, 1.807) is 45.0 Å². The van der Waals surface area contributed by atoms with Crippen LogP contribution in [0.2, 0.25) is 0 Å². The Morgan fingerprint density at radius 2 is 1.67 bits per heavy atom. The number of benzene rings is 1. The largest absolute Gasteiger partial charge is 0.342 e. The monoisotopic (exact) mass is 433 g/mol. The molecule has 1 aromatic carbocycles. The van der Waals surface area contributed by atoms with Gasteiger partial charge in [0, 0.05) is 19.0 Å². The maximum atomic E-state index is 13.4. The number of aliphatic imine (C=N–C) groups is 1. The summed E-state index contributed by atoms with van der Waals surface area (Å²) in [7, 11) is -3.93. The Labute approximate surface area is 179 Å². The fourth-order valence-electron chi connectivity index (χ4n) is 4.12. The molecule has 2 saturated heterocycles. The molecule has 30 heavy (non-hydrogen) atoms. The SMILES string of the molecule is CC(C)C(=O)N1CCC(N=C2C(=O)N(C(C)(C)C)S(=O)(=O)C2c2ccccc2)CC1. The van der Waals surface area contributed by atoms with Crippen LogP contribution >= 0.6 is 0 Å². The Bertz CT molecular complexity index is 940. The minimum Gasteiger partial charge on any atom is -0.342 e. The predicted octanol–water partition coefficient (Wildman–Crippen LogP) is 2.79. The van der Waals surface area contributed by atoms with Crippen LogP contribution in [-0.4, -0.2) is 59.8 Å². The van der Waals surface area contributed by atoms with Gasteiger partial charge < -0.3 is 4.90 Å². The molecular weight excluding hydrogens is 402 g/mol. The van der Waals surface area contributed by atoms with Crippen LogP contribution in [0, 0.1) is 5.92 Å². The molecule has 1 atom stereocenters. The van der Waals surface area contributed by atoms with E-state index in [4.69, 9.17) is 0 Å². The molecule has 3 rings (SSSR count). The van der Waals surface area contributed by atoms with E-state index < -0.39 is 26.7 Å². The summed E-state index contributed by atoms with van der Waals surface area (Å²) in [5.41, 5.74) is -0.249. The van der Waals surface area contributed by atoms with Crippen LogP contribution in [0.25, 0.3) is 0 Å². The van der Waals surface area contributed by atoms with Crippen LogP contribution in [-0.2, 0) is 19.6 Å². The molecule has 0 saturated carbocycles. The van der Waals surface area contributed by atoms with Gasteiger partial charge in [0.05, 0.1) is 11.6 Å². The lowest BCUT2D eigenvalue weighted by Gasteiger charge is -2.31. The standard InChI is InChI=1S/C22H31N3O4S/c1-15(2)20(26)24-13-11-17(12-14-24)23-18-19(16-9-7-6-8-10-16)30(28,29)25(21(18)27)22(3,4)5/h6-10,15,17,19H,11-14H2,1-5H3. The van der Waals surface area contributed by atoms with Gasteiger partial charge in [0.25, 0.3) is 15.9 Å². The fraction of sp³-hybridized carbons (Fsp3) is 0.591. The molecule has 1 aromatic rings. The van der Waals surface area contributed by atoms with Crippen LogP contribution in [0.1, 0.15) is 58.3 Å². The molecule has 2 amide bonds. The molecule has 2 heterocycles. The molecule has 7 nitrogen and oxygen atoms in total. The van der Waals surface area contributed by atoms with Crippen molar-refractivity contribution < 1.29 is 18.0 Å². The molecule has 0 spiro atoms. The van der Waals surface area contributed by atoms with Crippen molar-refractivity contribution in [1.82, 2.24) is 9.21 Å². The van der Waals surface area contributed by atoms with E-state index in [2.05, 4.69) is 4.99 Å². The highest BCUT2D eigenvalue weighted by atomic mass is 32.2. The van der Waals surface area contributed by atoms with Crippen molar-refractivity contribution in [3.63, 3.8) is 0 Å². The van der Waals surface area contributed by atoms with Gasteiger partial charge in [0.15, 0.2) is 5.25 Å². The number of hydrogen-bond acceptors (Lipinski definition) is 5. The Morgan fingerprint density at radius 1 is 1.10 bits per heavy atom. The van der Waals surface area contributed by atoms with Gasteiger partial charge in [-0.3, -0.25) is 14.6 Å². The zero-order valence-corrected chi connectivity index (χ0v) is 19.1. The number of carbonyl (C=O) groups is 2. The average Bonchev–Trinajstić information content (AvgIpc) is 2.87. The van der Waals surface area contributed by atoms with Gasteiger partial charge in [-0.25, -0.2) is 12.7 Å². The second-order valence-corrected chi connectivity index (χ2v) is 11.2. The summed E-state index contributed by atoms with van der Waals surface area (Å²) in [5, 5.41) is -1.10. The van der Waals surface area contributed by atoms with Gasteiger partial charge in [-0.05, 0) is 39.2 Å². The summed E-state index contributed by atoms with van der Waals surface area (Å²) >= 11 is 0. The predicted molar refractivity (Wildman–Crippen MR) is 117 cm³/mol. The Morgan fingerprint density at radius 3 is 2.17 bits per heavy atom. The van der Waals surface area contributed by atoms with Crippen LogP contribution in [0.4, 0.5) is 0 Å². The highest BCUT2D eigenvalue weighted by Crippen LogP contribution is 2.39. The summed E-state index contributed by atoms with van der Waals surface area (Å²) in [4.78, 5) is 32.0. The molecule has 0 aliphatic carbocycles. The first kappa shape index (κ1) is 22.5. The number of rotatable bonds is 3. The van der Waals surface area contributed by atoms with Gasteiger partial charge in [0.2, 0.25) is 5.91 Å². The highest BCUT2D eigenvalue weighted by Gasteiger charge is 2.54. The number of piperidine rings is 1. The summed E-state index contributed by atoms with van der Waals surface area (Å²) in [5.74, 6) is -0.490. The third kappa shape index (κ3) is 4.15. The lowest BCUT2D eigenvalue weighted by molar-refractivity contribution is -0.135. The van der Waals surface area contributed by atoms with Gasteiger partial charge in [-0.15, -0.1) is 0 Å². The van der Waals surface area contributed by atoms with Crippen molar-refractivity contribution in [2.75, 3.05) is 13.1 Å². The third-order valence-corrected chi connectivity index (χ3v) is 7.82. The van der Waals surface area contributed by atoms with Crippen molar-refractivity contribution in [1.29, 1.82) is 0 Å². The number of hydrogen-bond donors (Lipinski definition) is 0. The molecule has 0 N–H and O–H groups in total. The summed E-state index contributed by atoms with van der Waals surface area (Å²) < 4.78 is 27.8. The van der Waals surface area contributed by atoms with E-state index in [0.717, 1.165) is 4.31 Å². The Kier molecular flexibility index (Phi) is 6.09. The normalized spacial score (nSPS) is 24.1. The molecule has 1 unspecified atom stereocenters. The summed E-state index contributed by atoms with van der Waals surface area (Å²) in [6.07, 6.45) is 1.23. The van der Waals surface area contributed by atoms with Gasteiger partial charge in [0.1, 0.15) is 5.71 Å². The van der Waals surface area contributed by atoms with Crippen LogP contribution in [0.3, 0.4) is 0 Å². The second-order valence-electron chi connectivity index (χ2n) is 9.30. The van der Waals surface area contributed by atoms with E-state index in [0.29, 0.717) is 31.5 Å². The van der Waals surface area contributed by atoms with Crippen LogP contribution in [0.15, 0.2) is 35.3 Å². The van der Waals surface area contributed by atoms with Gasteiger partial charge >= 0.3 is 0 Å². The smallest absolute Gasteiger partial charge is 0.283 e. The molecular formula is C22H31N3O4S. The number of amides is 2. The van der Waals surface area contributed by atoms with Crippen molar-refractivity contribution in [2.45, 2.75) is 64.3 Å². The molecule has 0 aromatic heterocycles. The van der Waals surface area contributed by atoms with Crippen molar-refractivity contribution in [2.24, 2.45) is 10.9 Å². The van der Waals surface area contributed by atoms with Gasteiger partial charge in [-0.2, -0.15) is 0 Å². The zero-order chi connectivity index (χ0) is 22.3. The molecule has 8 heteroatoms. The minimum absolute atomic E-state index is 0.0581. The first-order valence-electron chi connectivity index (χ1n) is 10.4. The number of nitrogens with zero attached hydrogens (tertiary/aromatic N) is 3. The first-order valence-corrected chi connectivity index (χ1v) is 11.9. The van der Waals surface area contributed by atoms with Crippen LogP contribution < -0.4 is 0 Å². The molecule has 164 valence electrons. The summed E-state index contributed by atoms with van der Waals surface area (Å²) in [6.45, 7) is 10.0. The topological polar surface area (TPSA) is 87.1 Å². The molecule has 0 radical (unpaired) electrons. The zero-order valence-electron chi connectivity index (χ0n) is 18.3. The second kappa shape index (κ2) is 8.13. The molecule has 2 aliphatic rings. The van der Waals surface area contributed by atoms with Crippen LogP contribution in [0.5, 0.6) is 0 Å². The van der Waals surface area contributed by atoms with Crippen molar-refractivity contribution in [3.8, 4) is 0 Å². The number of likely N-dealkylation sites (tertiary alicyclic amines) is 1. The maximum Gasteiger partial charge on any atom is 0.283 e. The summed E-state index contributed by atoms with van der Waals surface area (Å²) in [6, 6.07) is 8.61. The lowest BCUT2D eigenvalue weighted by atomic mass is 10.0. The quantitative estimate of drug-likeness (QED) is 0.733. The van der Waals surface area contributed by atoms with E-state index in [9.17, 15) is 18.0 Å². The van der Waals surface area contributed by atoms with E-state index >= 15 is 0 Å². The van der Waals surface area contributed by atoms with Crippen molar-refractivity contribution >= 4 is 27.5 Å². The minimum atomic E-state index is -3.93. The van der Waals surface area contributed by atoms with E-state index in [1.807, 2.05) is 24.8 Å². The molecule has 2 fully saturated rings. The van der Waals surface area contributed by atoms with Crippen molar-refractivity contribution in [3.05, 3.63) is 35.9 Å². The fourth-order valence-corrected chi connectivity index (χ4v) is 6.37. The van der Waals surface area contributed by atoms with Gasteiger partial charge in [-0.1, -0.05) is 44.2 Å². The molecule has 2 aliphatic heterocycles. The first-order chi connectivity index (χ1) is 13.9. The molecule has 0 bridgehead atoms. The maximum absolute atomic E-state index is 13.4. The Hall–Kier alpha value is -2.22. The number of sulfonamides is 1. The number of carbonyl (C=O) groups excluding carboxylic acids is 2. The Balaban J connectivity index is 1.95. The third-order valence-electron chi connectivity index (χ3n) is 5.51. The van der Waals surface area contributed by atoms with E-state index in [1.165, 1.54) is 0 Å². The highest BCUT2D eigenvalue weighted by molar-refractivity contribution is 7.91.